The van der Waals surface area contributed by atoms with Crippen molar-refractivity contribution in [3.8, 4) is 0 Å². The van der Waals surface area contributed by atoms with Crippen molar-refractivity contribution in [2.45, 2.75) is 77.9 Å². The van der Waals surface area contributed by atoms with Crippen LogP contribution in [0.4, 0.5) is 5.82 Å². The van der Waals surface area contributed by atoms with Gasteiger partial charge in [0.05, 0.1) is 5.69 Å². The fraction of sp³-hybridized carbons (Fsp3) is 0.765. The second-order valence-corrected chi connectivity index (χ2v) is 7.06. The maximum Gasteiger partial charge on any atom is 0.151 e. The summed E-state index contributed by atoms with van der Waals surface area (Å²) in [5.41, 5.74) is 1.12. The van der Waals surface area contributed by atoms with Gasteiger partial charge in [0.2, 0.25) is 0 Å². The molecule has 21 heavy (non-hydrogen) atoms. The van der Waals surface area contributed by atoms with Gasteiger partial charge < -0.3 is 10.2 Å². The number of hydrogen-bond acceptors (Lipinski definition) is 4. The molecule has 0 amide bonds. The summed E-state index contributed by atoms with van der Waals surface area (Å²) in [6, 6.07) is 4.88. The van der Waals surface area contributed by atoms with Gasteiger partial charge in [0.25, 0.3) is 0 Å². The fourth-order valence-electron chi connectivity index (χ4n) is 2.96. The molecule has 0 radical (unpaired) electrons. The number of rotatable bonds is 5. The van der Waals surface area contributed by atoms with E-state index in [-0.39, 0.29) is 5.54 Å². The van der Waals surface area contributed by atoms with Gasteiger partial charge in [0.1, 0.15) is 0 Å². The van der Waals surface area contributed by atoms with E-state index in [1.54, 1.807) is 0 Å². The summed E-state index contributed by atoms with van der Waals surface area (Å²) in [4.78, 5) is 2.42. The fourth-order valence-corrected chi connectivity index (χ4v) is 2.96. The van der Waals surface area contributed by atoms with Crippen molar-refractivity contribution in [2.75, 3.05) is 11.4 Å². The summed E-state index contributed by atoms with van der Waals surface area (Å²) >= 11 is 0. The molecule has 1 heterocycles. The van der Waals surface area contributed by atoms with Gasteiger partial charge in [-0.15, -0.1) is 5.10 Å². The van der Waals surface area contributed by atoms with E-state index in [0.29, 0.717) is 6.04 Å². The molecule has 0 unspecified atom stereocenters. The van der Waals surface area contributed by atoms with Crippen molar-refractivity contribution in [3.63, 3.8) is 0 Å². The lowest BCUT2D eigenvalue weighted by atomic mass is 9.94. The zero-order valence-electron chi connectivity index (χ0n) is 14.0. The molecule has 0 bridgehead atoms. The molecule has 4 heteroatoms. The Kier molecular flexibility index (Phi) is 5.57. The number of nitrogens with one attached hydrogen (secondary N) is 1. The molecule has 118 valence electrons. The Labute approximate surface area is 129 Å². The van der Waals surface area contributed by atoms with Crippen LogP contribution < -0.4 is 10.2 Å². The highest BCUT2D eigenvalue weighted by Gasteiger charge is 2.21. The van der Waals surface area contributed by atoms with Gasteiger partial charge in [-0.1, -0.05) is 19.3 Å². The molecular formula is C17H30N4. The largest absolute Gasteiger partial charge is 0.352 e. The predicted octanol–water partition coefficient (Wildman–Crippen LogP) is 3.52. The summed E-state index contributed by atoms with van der Waals surface area (Å²) in [6.07, 6.45) is 6.67. The highest BCUT2D eigenvalue weighted by atomic mass is 15.3. The van der Waals surface area contributed by atoms with Crippen LogP contribution >= 0.6 is 0 Å². The van der Waals surface area contributed by atoms with Crippen LogP contribution in [0.25, 0.3) is 0 Å². The lowest BCUT2D eigenvalue weighted by Gasteiger charge is -2.34. The molecule has 1 aromatic heterocycles. The molecule has 2 rings (SSSR count). The first-order chi connectivity index (χ1) is 9.99. The lowest BCUT2D eigenvalue weighted by Crippen LogP contribution is -2.37. The van der Waals surface area contributed by atoms with E-state index < -0.39 is 0 Å². The SMILES string of the molecule is CCN(c1ccc(CNC(C)(C)C)nn1)C1CCCCC1. The average Bonchev–Trinajstić information content (AvgIpc) is 2.47. The molecule has 1 aliphatic rings. The third-order valence-corrected chi connectivity index (χ3v) is 4.16. The molecule has 0 saturated heterocycles. The van der Waals surface area contributed by atoms with Gasteiger partial charge in [-0.25, -0.2) is 0 Å². The second-order valence-electron chi connectivity index (χ2n) is 7.06. The van der Waals surface area contributed by atoms with Crippen molar-refractivity contribution in [3.05, 3.63) is 17.8 Å². The first kappa shape index (κ1) is 16.2. The Bertz CT molecular complexity index is 415. The van der Waals surface area contributed by atoms with Gasteiger partial charge >= 0.3 is 0 Å². The Morgan fingerprint density at radius 3 is 2.38 bits per heavy atom. The smallest absolute Gasteiger partial charge is 0.151 e. The van der Waals surface area contributed by atoms with Gasteiger partial charge in [-0.05, 0) is 52.7 Å². The van der Waals surface area contributed by atoms with Gasteiger partial charge in [-0.3, -0.25) is 0 Å². The first-order valence-electron chi connectivity index (χ1n) is 8.34. The van der Waals surface area contributed by atoms with E-state index in [4.69, 9.17) is 0 Å². The first-order valence-corrected chi connectivity index (χ1v) is 8.34. The van der Waals surface area contributed by atoms with Gasteiger partial charge in [0, 0.05) is 24.7 Å². The van der Waals surface area contributed by atoms with Crippen LogP contribution in [-0.4, -0.2) is 28.3 Å². The Balaban J connectivity index is 1.99. The maximum absolute atomic E-state index is 4.46. The molecule has 0 spiro atoms. The minimum absolute atomic E-state index is 0.109. The van der Waals surface area contributed by atoms with E-state index in [1.165, 1.54) is 32.1 Å². The molecule has 1 aromatic rings. The molecular weight excluding hydrogens is 260 g/mol. The minimum Gasteiger partial charge on any atom is -0.352 e. The van der Waals surface area contributed by atoms with Crippen molar-refractivity contribution in [1.29, 1.82) is 0 Å². The van der Waals surface area contributed by atoms with E-state index in [1.807, 2.05) is 0 Å². The molecule has 1 saturated carbocycles. The monoisotopic (exact) mass is 290 g/mol. The molecule has 4 nitrogen and oxygen atoms in total. The standard InChI is InChI=1S/C17H30N4/c1-5-21(15-9-7-6-8-10-15)16-12-11-14(19-20-16)13-18-17(2,3)4/h11-12,15,18H,5-10,13H2,1-4H3. The van der Waals surface area contributed by atoms with E-state index in [0.717, 1.165) is 24.6 Å². The van der Waals surface area contributed by atoms with Crippen LogP contribution in [0.1, 0.15) is 65.5 Å². The minimum atomic E-state index is 0.109. The number of nitrogens with zero attached hydrogens (tertiary/aromatic N) is 3. The van der Waals surface area contributed by atoms with Crippen LogP contribution in [0.15, 0.2) is 12.1 Å². The molecule has 0 aliphatic heterocycles. The lowest BCUT2D eigenvalue weighted by molar-refractivity contribution is 0.413. The summed E-state index contributed by atoms with van der Waals surface area (Å²) in [7, 11) is 0. The molecule has 0 atom stereocenters. The normalized spacial score (nSPS) is 17.0. The Hall–Kier alpha value is -1.16. The summed E-state index contributed by atoms with van der Waals surface area (Å²) in [5.74, 6) is 1.03. The summed E-state index contributed by atoms with van der Waals surface area (Å²) in [6.45, 7) is 10.5. The summed E-state index contributed by atoms with van der Waals surface area (Å²) in [5, 5.41) is 12.3. The van der Waals surface area contributed by atoms with E-state index in [2.05, 4.69) is 60.2 Å². The average molecular weight is 290 g/mol. The van der Waals surface area contributed by atoms with Gasteiger partial charge in [-0.2, -0.15) is 5.10 Å². The highest BCUT2D eigenvalue weighted by Crippen LogP contribution is 2.25. The molecule has 1 N–H and O–H groups in total. The number of aromatic nitrogens is 2. The molecule has 1 fully saturated rings. The Morgan fingerprint density at radius 2 is 1.86 bits per heavy atom. The molecule has 0 aromatic carbocycles. The van der Waals surface area contributed by atoms with Crippen LogP contribution in [0.3, 0.4) is 0 Å². The maximum atomic E-state index is 4.46. The second kappa shape index (κ2) is 7.21. The third kappa shape index (κ3) is 4.95. The Morgan fingerprint density at radius 1 is 1.14 bits per heavy atom. The number of hydrogen-bond donors (Lipinski definition) is 1. The van der Waals surface area contributed by atoms with Crippen molar-refractivity contribution in [2.24, 2.45) is 0 Å². The van der Waals surface area contributed by atoms with Crippen LogP contribution in [0.5, 0.6) is 0 Å². The van der Waals surface area contributed by atoms with Crippen LogP contribution in [0.2, 0.25) is 0 Å². The molecule has 1 aliphatic carbocycles. The summed E-state index contributed by atoms with van der Waals surface area (Å²) < 4.78 is 0. The van der Waals surface area contributed by atoms with Crippen LogP contribution in [0, 0.1) is 0 Å². The van der Waals surface area contributed by atoms with E-state index in [9.17, 15) is 0 Å². The highest BCUT2D eigenvalue weighted by molar-refractivity contribution is 5.38. The van der Waals surface area contributed by atoms with Crippen molar-refractivity contribution >= 4 is 5.82 Å². The van der Waals surface area contributed by atoms with Crippen molar-refractivity contribution < 1.29 is 0 Å². The topological polar surface area (TPSA) is 41.0 Å². The zero-order chi connectivity index (χ0) is 15.3. The van der Waals surface area contributed by atoms with Gasteiger partial charge in [0.15, 0.2) is 5.82 Å². The van der Waals surface area contributed by atoms with Crippen LogP contribution in [-0.2, 0) is 6.54 Å². The third-order valence-electron chi connectivity index (χ3n) is 4.16. The zero-order valence-corrected chi connectivity index (χ0v) is 14.0. The predicted molar refractivity (Wildman–Crippen MR) is 88.5 cm³/mol. The van der Waals surface area contributed by atoms with Crippen molar-refractivity contribution in [1.82, 2.24) is 15.5 Å². The van der Waals surface area contributed by atoms with E-state index >= 15 is 0 Å². The quantitative estimate of drug-likeness (QED) is 0.901. The number of anilines is 1.